The maximum Gasteiger partial charge on any atom is 0.295 e. The molecular weight excluding hydrogens is 454 g/mol. The van der Waals surface area contributed by atoms with E-state index in [-0.39, 0.29) is 23.3 Å². The Kier molecular flexibility index (Phi) is 6.04. The molecule has 0 bridgehead atoms. The van der Waals surface area contributed by atoms with Gasteiger partial charge in [0.05, 0.1) is 11.6 Å². The molecule has 1 saturated heterocycles. The van der Waals surface area contributed by atoms with E-state index in [0.29, 0.717) is 30.3 Å². The molecule has 1 fully saturated rings. The highest BCUT2D eigenvalue weighted by Gasteiger charge is 2.46. The summed E-state index contributed by atoms with van der Waals surface area (Å²) in [6.07, 6.45) is 0. The molecule has 0 aliphatic carbocycles. The summed E-state index contributed by atoms with van der Waals surface area (Å²) in [7, 11) is 0. The van der Waals surface area contributed by atoms with Gasteiger partial charge in [0.25, 0.3) is 11.7 Å². The topological polar surface area (TPSA) is 76.1 Å². The number of fused-ring (bicyclic) bond motifs is 1. The van der Waals surface area contributed by atoms with E-state index >= 15 is 0 Å². The fraction of sp³-hybridized carbons (Fsp3) is 0.267. The second kappa shape index (κ2) is 9.19. The van der Waals surface area contributed by atoms with Gasteiger partial charge in [-0.2, -0.15) is 0 Å². The van der Waals surface area contributed by atoms with Gasteiger partial charge in [0.2, 0.25) is 0 Å². The molecule has 184 valence electrons. The third kappa shape index (κ3) is 4.35. The summed E-state index contributed by atoms with van der Waals surface area (Å²) in [5.41, 5.74) is 3.21. The third-order valence-corrected chi connectivity index (χ3v) is 6.64. The van der Waals surface area contributed by atoms with Crippen LogP contribution in [0.1, 0.15) is 49.1 Å². The fourth-order valence-electron chi connectivity index (χ4n) is 4.68. The van der Waals surface area contributed by atoms with E-state index in [9.17, 15) is 14.7 Å². The van der Waals surface area contributed by atoms with Gasteiger partial charge in [0, 0.05) is 12.1 Å². The quantitative estimate of drug-likeness (QED) is 0.306. The highest BCUT2D eigenvalue weighted by molar-refractivity contribution is 6.46. The van der Waals surface area contributed by atoms with Crippen LogP contribution in [0.3, 0.4) is 0 Å². The summed E-state index contributed by atoms with van der Waals surface area (Å²) in [6.45, 7) is 7.49. The van der Waals surface area contributed by atoms with Gasteiger partial charge < -0.3 is 19.5 Å². The van der Waals surface area contributed by atoms with Gasteiger partial charge in [0.1, 0.15) is 19.0 Å². The molecular formula is C30H29NO5. The normalized spacial score (nSPS) is 19.0. The van der Waals surface area contributed by atoms with Crippen LogP contribution in [-0.4, -0.2) is 34.9 Å². The minimum atomic E-state index is -0.729. The van der Waals surface area contributed by atoms with Crippen LogP contribution in [0.4, 0.5) is 0 Å². The average molecular weight is 484 g/mol. The number of hydrogen-bond acceptors (Lipinski definition) is 5. The Labute approximate surface area is 210 Å². The van der Waals surface area contributed by atoms with Gasteiger partial charge in [-0.1, -0.05) is 75.4 Å². The Morgan fingerprint density at radius 3 is 2.25 bits per heavy atom. The predicted molar refractivity (Wildman–Crippen MR) is 137 cm³/mol. The Hall–Kier alpha value is -4.06. The number of ketones is 1. The molecule has 2 aliphatic rings. The minimum Gasteiger partial charge on any atom is -0.507 e. The molecule has 3 aromatic rings. The average Bonchev–Trinajstić information content (AvgIpc) is 3.13. The van der Waals surface area contributed by atoms with E-state index in [1.165, 1.54) is 4.90 Å². The van der Waals surface area contributed by atoms with Crippen molar-refractivity contribution in [3.05, 3.63) is 101 Å². The summed E-state index contributed by atoms with van der Waals surface area (Å²) >= 11 is 0. The van der Waals surface area contributed by atoms with E-state index in [1.54, 1.807) is 18.2 Å². The number of rotatable bonds is 4. The number of likely N-dealkylation sites (tertiary alicyclic amines) is 1. The number of aliphatic hydroxyl groups excluding tert-OH is 1. The first kappa shape index (κ1) is 23.7. The van der Waals surface area contributed by atoms with Crippen molar-refractivity contribution < 1.29 is 24.2 Å². The van der Waals surface area contributed by atoms with E-state index in [2.05, 4.69) is 20.8 Å². The lowest BCUT2D eigenvalue weighted by molar-refractivity contribution is -0.140. The molecule has 6 nitrogen and oxygen atoms in total. The summed E-state index contributed by atoms with van der Waals surface area (Å²) in [5, 5.41) is 11.4. The molecule has 2 heterocycles. The van der Waals surface area contributed by atoms with Gasteiger partial charge >= 0.3 is 0 Å². The smallest absolute Gasteiger partial charge is 0.295 e. The summed E-state index contributed by atoms with van der Waals surface area (Å²) in [6, 6.07) is 21.7. The summed E-state index contributed by atoms with van der Waals surface area (Å²) < 4.78 is 11.2. The van der Waals surface area contributed by atoms with Crippen LogP contribution in [0.15, 0.2) is 78.4 Å². The lowest BCUT2D eigenvalue weighted by Gasteiger charge is -2.27. The lowest BCUT2D eigenvalue weighted by atomic mass is 9.85. The molecule has 1 amide bonds. The zero-order valence-corrected chi connectivity index (χ0v) is 20.7. The number of carbonyl (C=O) groups is 2. The number of hydrogen-bond donors (Lipinski definition) is 1. The van der Waals surface area contributed by atoms with Crippen molar-refractivity contribution in [2.45, 2.75) is 38.8 Å². The van der Waals surface area contributed by atoms with E-state index in [4.69, 9.17) is 9.47 Å². The molecule has 6 heteroatoms. The number of benzene rings is 3. The predicted octanol–water partition coefficient (Wildman–Crippen LogP) is 5.38. The summed E-state index contributed by atoms with van der Waals surface area (Å²) in [5.74, 6) is -0.497. The van der Waals surface area contributed by atoms with Gasteiger partial charge in [-0.3, -0.25) is 9.59 Å². The molecule has 5 rings (SSSR count). The largest absolute Gasteiger partial charge is 0.507 e. The van der Waals surface area contributed by atoms with Crippen molar-refractivity contribution in [3.8, 4) is 11.5 Å². The minimum absolute atomic E-state index is 0.0461. The molecule has 0 saturated carbocycles. The molecule has 36 heavy (non-hydrogen) atoms. The van der Waals surface area contributed by atoms with Crippen LogP contribution in [0.2, 0.25) is 0 Å². The van der Waals surface area contributed by atoms with Crippen LogP contribution in [0.5, 0.6) is 11.5 Å². The van der Waals surface area contributed by atoms with Crippen LogP contribution >= 0.6 is 0 Å². The van der Waals surface area contributed by atoms with Crippen molar-refractivity contribution in [1.29, 1.82) is 0 Å². The second-order valence-corrected chi connectivity index (χ2v) is 10.1. The number of amides is 1. The molecule has 0 aromatic heterocycles. The number of aliphatic hydroxyl groups is 1. The molecule has 1 N–H and O–H groups in total. The lowest BCUT2D eigenvalue weighted by Crippen LogP contribution is -2.29. The van der Waals surface area contributed by atoms with E-state index in [1.807, 2.05) is 54.6 Å². The van der Waals surface area contributed by atoms with Crippen LogP contribution in [0.25, 0.3) is 5.76 Å². The zero-order valence-electron chi connectivity index (χ0n) is 20.7. The first-order valence-corrected chi connectivity index (χ1v) is 12.1. The third-order valence-electron chi connectivity index (χ3n) is 6.64. The van der Waals surface area contributed by atoms with E-state index < -0.39 is 17.7 Å². The van der Waals surface area contributed by atoms with Crippen LogP contribution < -0.4 is 9.47 Å². The molecule has 2 aliphatic heterocycles. The summed E-state index contributed by atoms with van der Waals surface area (Å²) in [4.78, 5) is 28.2. The second-order valence-electron chi connectivity index (χ2n) is 10.1. The Morgan fingerprint density at radius 1 is 0.917 bits per heavy atom. The van der Waals surface area contributed by atoms with Crippen molar-refractivity contribution >= 4 is 17.4 Å². The van der Waals surface area contributed by atoms with Crippen molar-refractivity contribution in [1.82, 2.24) is 4.90 Å². The van der Waals surface area contributed by atoms with Gasteiger partial charge in [-0.05, 0) is 40.3 Å². The monoisotopic (exact) mass is 483 g/mol. The van der Waals surface area contributed by atoms with E-state index in [0.717, 1.165) is 16.7 Å². The van der Waals surface area contributed by atoms with Crippen molar-refractivity contribution in [3.63, 3.8) is 0 Å². The fourth-order valence-corrected chi connectivity index (χ4v) is 4.68. The molecule has 1 atom stereocenters. The van der Waals surface area contributed by atoms with Crippen molar-refractivity contribution in [2.24, 2.45) is 0 Å². The first-order valence-electron chi connectivity index (χ1n) is 12.1. The number of carbonyl (C=O) groups excluding carboxylic acids is 2. The number of nitrogens with zero attached hydrogens (tertiary/aromatic N) is 1. The van der Waals surface area contributed by atoms with Gasteiger partial charge in [-0.25, -0.2) is 0 Å². The SMILES string of the molecule is CC(C)(C)c1ccc(C2/C(=C(\O)c3ccc4c(c3)OCCO4)C(=O)C(=O)N2Cc2ccccc2)cc1. The zero-order chi connectivity index (χ0) is 25.4. The molecule has 1 unspecified atom stereocenters. The molecule has 0 spiro atoms. The van der Waals surface area contributed by atoms with Crippen molar-refractivity contribution in [2.75, 3.05) is 13.2 Å². The molecule has 3 aromatic carbocycles. The Morgan fingerprint density at radius 2 is 1.58 bits per heavy atom. The highest BCUT2D eigenvalue weighted by Crippen LogP contribution is 2.42. The Balaban J connectivity index is 1.63. The maximum absolute atomic E-state index is 13.4. The Bertz CT molecular complexity index is 1340. The standard InChI is InChI=1S/C30H29NO5/c1-30(2,3)22-12-9-20(10-13-22)26-25(27(32)21-11-14-23-24(17-21)36-16-15-35-23)28(33)29(34)31(26)18-19-7-5-4-6-8-19/h4-14,17,26,32H,15-16,18H2,1-3H3/b27-25+. The molecule has 0 radical (unpaired) electrons. The number of ether oxygens (including phenoxy) is 2. The highest BCUT2D eigenvalue weighted by atomic mass is 16.6. The van der Waals surface area contributed by atoms with Gasteiger partial charge in [0.15, 0.2) is 11.5 Å². The first-order chi connectivity index (χ1) is 17.2. The maximum atomic E-state index is 13.4. The van der Waals surface area contributed by atoms with Crippen LogP contribution in [-0.2, 0) is 21.5 Å². The number of Topliss-reactive ketones (excluding diaryl/α,β-unsaturated/α-hetero) is 1. The van der Waals surface area contributed by atoms with Gasteiger partial charge in [-0.15, -0.1) is 0 Å². The van der Waals surface area contributed by atoms with Crippen LogP contribution in [0, 0.1) is 0 Å².